The quantitative estimate of drug-likeness (QED) is 0.551. The zero-order valence-electron chi connectivity index (χ0n) is 15.9. The topological polar surface area (TPSA) is 98.0 Å². The Morgan fingerprint density at radius 3 is 2.07 bits per heavy atom. The predicted molar refractivity (Wildman–Crippen MR) is 109 cm³/mol. The molecule has 0 aliphatic carbocycles. The summed E-state index contributed by atoms with van der Waals surface area (Å²) < 4.78 is 0. The van der Waals surface area contributed by atoms with Crippen LogP contribution in [0.2, 0.25) is 0 Å². The van der Waals surface area contributed by atoms with Gasteiger partial charge in [0, 0.05) is 36.4 Å². The predicted octanol–water partition coefficient (Wildman–Crippen LogP) is 2.43. The molecule has 8 heteroatoms. The standard InChI is InChI=1S/C21H20N6O2/c1-13-12-26(20(28)16-6-2-4-14-10-22-24-18(14)16)8-9-27(13)21(29)17-7-3-5-15-11-23-25-19(15)17/h2-7,10-11,13H,8-9,12H2,1H3,(H,22,24)(H,23,25)/t13-/m0/s1. The van der Waals surface area contributed by atoms with Gasteiger partial charge in [-0.1, -0.05) is 24.3 Å². The van der Waals surface area contributed by atoms with Gasteiger partial charge < -0.3 is 9.80 Å². The van der Waals surface area contributed by atoms with Crippen molar-refractivity contribution < 1.29 is 9.59 Å². The van der Waals surface area contributed by atoms with Gasteiger partial charge in [-0.2, -0.15) is 10.2 Å². The van der Waals surface area contributed by atoms with Gasteiger partial charge in [0.1, 0.15) is 0 Å². The zero-order chi connectivity index (χ0) is 20.0. The molecule has 1 atom stereocenters. The average molecular weight is 388 g/mol. The van der Waals surface area contributed by atoms with Crippen LogP contribution in [-0.2, 0) is 0 Å². The van der Waals surface area contributed by atoms with Crippen LogP contribution < -0.4 is 0 Å². The number of carbonyl (C=O) groups is 2. The first kappa shape index (κ1) is 17.4. The largest absolute Gasteiger partial charge is 0.335 e. The number of hydrogen-bond acceptors (Lipinski definition) is 4. The highest BCUT2D eigenvalue weighted by atomic mass is 16.2. The molecule has 8 nitrogen and oxygen atoms in total. The highest BCUT2D eigenvalue weighted by Crippen LogP contribution is 2.22. The first-order valence-corrected chi connectivity index (χ1v) is 9.58. The van der Waals surface area contributed by atoms with E-state index in [0.717, 1.165) is 21.8 Å². The molecule has 0 unspecified atom stereocenters. The number of nitrogens with one attached hydrogen (secondary N) is 2. The minimum atomic E-state index is -0.0978. The Hall–Kier alpha value is -3.68. The van der Waals surface area contributed by atoms with Gasteiger partial charge in [-0.15, -0.1) is 0 Å². The monoisotopic (exact) mass is 388 g/mol. The number of hydrogen-bond donors (Lipinski definition) is 2. The van der Waals surface area contributed by atoms with Gasteiger partial charge in [-0.05, 0) is 19.1 Å². The number of aromatic amines is 2. The SMILES string of the molecule is C[C@H]1CN(C(=O)c2cccc3cn[nH]c23)CCN1C(=O)c1cccc2cn[nH]c12. The molecule has 4 aromatic rings. The van der Waals surface area contributed by atoms with Crippen LogP contribution in [0.3, 0.4) is 0 Å². The second-order valence-electron chi connectivity index (χ2n) is 7.38. The molecule has 146 valence electrons. The molecule has 1 saturated heterocycles. The summed E-state index contributed by atoms with van der Waals surface area (Å²) in [5.41, 5.74) is 2.70. The fraction of sp³-hybridized carbons (Fsp3) is 0.238. The van der Waals surface area contributed by atoms with Gasteiger partial charge in [-0.3, -0.25) is 19.8 Å². The number of carbonyl (C=O) groups excluding carboxylic acids is 2. The third-order valence-electron chi connectivity index (χ3n) is 5.59. The van der Waals surface area contributed by atoms with Crippen LogP contribution >= 0.6 is 0 Å². The Labute approximate surface area is 166 Å². The van der Waals surface area contributed by atoms with Gasteiger partial charge in [0.25, 0.3) is 11.8 Å². The molecular weight excluding hydrogens is 368 g/mol. The number of nitrogens with zero attached hydrogens (tertiary/aromatic N) is 4. The normalized spacial score (nSPS) is 17.2. The third kappa shape index (κ3) is 2.84. The molecule has 0 radical (unpaired) electrons. The molecule has 5 rings (SSSR count). The van der Waals surface area contributed by atoms with Crippen LogP contribution in [0.5, 0.6) is 0 Å². The van der Waals surface area contributed by atoms with Crippen molar-refractivity contribution in [3.05, 3.63) is 59.9 Å². The minimum Gasteiger partial charge on any atom is -0.335 e. The molecule has 2 amide bonds. The zero-order valence-corrected chi connectivity index (χ0v) is 15.9. The van der Waals surface area contributed by atoms with Gasteiger partial charge in [-0.25, -0.2) is 0 Å². The van der Waals surface area contributed by atoms with E-state index >= 15 is 0 Å². The molecule has 0 saturated carbocycles. The lowest BCUT2D eigenvalue weighted by atomic mass is 10.1. The fourth-order valence-corrected chi connectivity index (χ4v) is 4.06. The third-order valence-corrected chi connectivity index (χ3v) is 5.59. The maximum absolute atomic E-state index is 13.2. The number of H-pyrrole nitrogens is 2. The smallest absolute Gasteiger partial charge is 0.256 e. The van der Waals surface area contributed by atoms with Crippen molar-refractivity contribution >= 4 is 33.6 Å². The van der Waals surface area contributed by atoms with E-state index in [-0.39, 0.29) is 17.9 Å². The number of fused-ring (bicyclic) bond motifs is 2. The molecule has 1 aliphatic rings. The van der Waals surface area contributed by atoms with Crippen molar-refractivity contribution in [3.63, 3.8) is 0 Å². The second kappa shape index (κ2) is 6.73. The Morgan fingerprint density at radius 1 is 0.897 bits per heavy atom. The van der Waals surface area contributed by atoms with E-state index in [1.807, 2.05) is 48.2 Å². The summed E-state index contributed by atoms with van der Waals surface area (Å²) in [5.74, 6) is -0.0930. The molecule has 2 aromatic heterocycles. The number of aromatic nitrogens is 4. The number of para-hydroxylation sites is 2. The minimum absolute atomic E-state index is 0.0462. The molecule has 1 aliphatic heterocycles. The number of benzene rings is 2. The van der Waals surface area contributed by atoms with Crippen molar-refractivity contribution in [2.24, 2.45) is 0 Å². The second-order valence-corrected chi connectivity index (χ2v) is 7.38. The molecule has 3 heterocycles. The summed E-state index contributed by atoms with van der Waals surface area (Å²) in [6, 6.07) is 11.1. The van der Waals surface area contributed by atoms with E-state index < -0.39 is 0 Å². The van der Waals surface area contributed by atoms with Gasteiger partial charge in [0.05, 0.1) is 34.6 Å². The van der Waals surface area contributed by atoms with E-state index in [1.54, 1.807) is 17.3 Å². The number of piperazine rings is 1. The first-order valence-electron chi connectivity index (χ1n) is 9.58. The van der Waals surface area contributed by atoms with Crippen molar-refractivity contribution in [2.45, 2.75) is 13.0 Å². The summed E-state index contributed by atoms with van der Waals surface area (Å²) in [6.07, 6.45) is 3.42. The van der Waals surface area contributed by atoms with Crippen LogP contribution in [0.25, 0.3) is 21.8 Å². The Balaban J connectivity index is 1.37. The summed E-state index contributed by atoms with van der Waals surface area (Å²) in [5, 5.41) is 15.7. The molecule has 0 spiro atoms. The lowest BCUT2D eigenvalue weighted by Crippen LogP contribution is -2.55. The summed E-state index contributed by atoms with van der Waals surface area (Å²) in [4.78, 5) is 29.9. The Morgan fingerprint density at radius 2 is 1.48 bits per heavy atom. The van der Waals surface area contributed by atoms with Crippen LogP contribution in [0.4, 0.5) is 0 Å². The van der Waals surface area contributed by atoms with Crippen molar-refractivity contribution in [1.29, 1.82) is 0 Å². The highest BCUT2D eigenvalue weighted by molar-refractivity contribution is 6.07. The molecule has 2 N–H and O–H groups in total. The summed E-state index contributed by atoms with van der Waals surface area (Å²) in [7, 11) is 0. The fourth-order valence-electron chi connectivity index (χ4n) is 4.06. The number of rotatable bonds is 2. The van der Waals surface area contributed by atoms with Crippen LogP contribution in [-0.4, -0.2) is 67.7 Å². The van der Waals surface area contributed by atoms with Crippen molar-refractivity contribution in [3.8, 4) is 0 Å². The Bertz CT molecular complexity index is 1230. The van der Waals surface area contributed by atoms with E-state index in [4.69, 9.17) is 0 Å². The van der Waals surface area contributed by atoms with Gasteiger partial charge in [0.15, 0.2) is 0 Å². The summed E-state index contributed by atoms with van der Waals surface area (Å²) >= 11 is 0. The highest BCUT2D eigenvalue weighted by Gasteiger charge is 2.32. The maximum atomic E-state index is 13.2. The molecule has 2 aromatic carbocycles. The maximum Gasteiger partial charge on any atom is 0.256 e. The van der Waals surface area contributed by atoms with Gasteiger partial charge >= 0.3 is 0 Å². The average Bonchev–Trinajstić information content (AvgIpc) is 3.41. The van der Waals surface area contributed by atoms with E-state index in [2.05, 4.69) is 20.4 Å². The van der Waals surface area contributed by atoms with E-state index in [0.29, 0.717) is 30.8 Å². The molecule has 1 fully saturated rings. The molecular formula is C21H20N6O2. The van der Waals surface area contributed by atoms with Crippen LogP contribution in [0.1, 0.15) is 27.6 Å². The first-order chi connectivity index (χ1) is 14.1. The molecule has 0 bridgehead atoms. The van der Waals surface area contributed by atoms with E-state index in [9.17, 15) is 9.59 Å². The van der Waals surface area contributed by atoms with Crippen LogP contribution in [0, 0.1) is 0 Å². The number of amides is 2. The lowest BCUT2D eigenvalue weighted by Gasteiger charge is -2.40. The van der Waals surface area contributed by atoms with Crippen molar-refractivity contribution in [2.75, 3.05) is 19.6 Å². The van der Waals surface area contributed by atoms with Crippen LogP contribution in [0.15, 0.2) is 48.8 Å². The molecule has 29 heavy (non-hydrogen) atoms. The Kier molecular flexibility index (Phi) is 4.04. The van der Waals surface area contributed by atoms with E-state index in [1.165, 1.54) is 0 Å². The van der Waals surface area contributed by atoms with Gasteiger partial charge in [0.2, 0.25) is 0 Å². The van der Waals surface area contributed by atoms with Crippen molar-refractivity contribution in [1.82, 2.24) is 30.2 Å². The lowest BCUT2D eigenvalue weighted by molar-refractivity contribution is 0.0416. The summed E-state index contributed by atoms with van der Waals surface area (Å²) in [6.45, 7) is 3.42.